The third kappa shape index (κ3) is 6.96. The average molecular weight is 378 g/mol. The predicted molar refractivity (Wildman–Crippen MR) is 105 cm³/mol. The van der Waals surface area contributed by atoms with Gasteiger partial charge in [-0.1, -0.05) is 42.5 Å². The first kappa shape index (κ1) is 20.7. The van der Waals surface area contributed by atoms with Crippen molar-refractivity contribution in [1.29, 1.82) is 5.26 Å². The molecule has 2 rings (SSSR count). The summed E-state index contributed by atoms with van der Waals surface area (Å²) in [6.45, 7) is 3.69. The van der Waals surface area contributed by atoms with Crippen LogP contribution >= 0.6 is 0 Å². The van der Waals surface area contributed by atoms with Crippen LogP contribution in [0.5, 0.6) is 5.75 Å². The van der Waals surface area contributed by atoms with Gasteiger partial charge in [-0.05, 0) is 43.2 Å². The molecule has 6 heteroatoms. The van der Waals surface area contributed by atoms with Crippen LogP contribution in [0.4, 0.5) is 0 Å². The summed E-state index contributed by atoms with van der Waals surface area (Å²) in [6, 6.07) is 18.1. The highest BCUT2D eigenvalue weighted by Gasteiger charge is 2.09. The van der Waals surface area contributed by atoms with Gasteiger partial charge in [-0.3, -0.25) is 4.79 Å². The van der Waals surface area contributed by atoms with E-state index < -0.39 is 11.9 Å². The number of nitrogens with one attached hydrogen (secondary N) is 1. The minimum absolute atomic E-state index is 0.00473. The second-order valence-corrected chi connectivity index (χ2v) is 6.23. The number of esters is 1. The van der Waals surface area contributed by atoms with E-state index in [1.54, 1.807) is 38.1 Å². The molecule has 0 aliphatic rings. The average Bonchev–Trinajstić information content (AvgIpc) is 2.70. The lowest BCUT2D eigenvalue weighted by Gasteiger charge is -2.09. The van der Waals surface area contributed by atoms with E-state index in [9.17, 15) is 14.9 Å². The number of nitriles is 1. The molecule has 0 bridgehead atoms. The number of carbonyl (C=O) groups excluding carboxylic acids is 2. The molecule has 0 unspecified atom stereocenters. The third-order valence-electron chi connectivity index (χ3n) is 3.58. The molecule has 0 aliphatic carbocycles. The summed E-state index contributed by atoms with van der Waals surface area (Å²) in [6.07, 6.45) is 1.30. The molecule has 144 valence electrons. The highest BCUT2D eigenvalue weighted by Crippen LogP contribution is 2.15. The Labute approximate surface area is 164 Å². The van der Waals surface area contributed by atoms with Crippen LogP contribution in [0.1, 0.15) is 25.0 Å². The summed E-state index contributed by atoms with van der Waals surface area (Å²) >= 11 is 0. The Kier molecular flexibility index (Phi) is 7.79. The van der Waals surface area contributed by atoms with Crippen molar-refractivity contribution in [2.24, 2.45) is 0 Å². The molecule has 0 radical (unpaired) electrons. The van der Waals surface area contributed by atoms with E-state index in [4.69, 9.17) is 9.47 Å². The van der Waals surface area contributed by atoms with E-state index in [1.165, 1.54) is 6.08 Å². The van der Waals surface area contributed by atoms with E-state index in [1.807, 2.05) is 36.4 Å². The SMILES string of the molecule is CC(C)OC(=O)COc1ccc(/C=C(/C#N)C(=O)NCc2ccccc2)cc1. The number of carbonyl (C=O) groups is 2. The molecular formula is C22H22N2O4. The highest BCUT2D eigenvalue weighted by molar-refractivity contribution is 6.01. The maximum atomic E-state index is 12.2. The Morgan fingerprint density at radius 2 is 1.79 bits per heavy atom. The van der Waals surface area contributed by atoms with Gasteiger partial charge in [0.1, 0.15) is 17.4 Å². The first-order valence-electron chi connectivity index (χ1n) is 8.84. The molecule has 0 aliphatic heterocycles. The smallest absolute Gasteiger partial charge is 0.344 e. The van der Waals surface area contributed by atoms with Crippen LogP contribution < -0.4 is 10.1 Å². The number of rotatable bonds is 8. The molecule has 1 N–H and O–H groups in total. The fraction of sp³-hybridized carbons (Fsp3) is 0.227. The molecule has 0 heterocycles. The largest absolute Gasteiger partial charge is 0.482 e. The van der Waals surface area contributed by atoms with E-state index in [-0.39, 0.29) is 18.3 Å². The van der Waals surface area contributed by atoms with E-state index in [2.05, 4.69) is 5.32 Å². The molecule has 0 fully saturated rings. The Hall–Kier alpha value is -3.59. The Balaban J connectivity index is 1.93. The van der Waals surface area contributed by atoms with Gasteiger partial charge in [-0.15, -0.1) is 0 Å². The fourth-order valence-electron chi connectivity index (χ4n) is 2.29. The van der Waals surface area contributed by atoms with Crippen LogP contribution in [0.3, 0.4) is 0 Å². The minimum Gasteiger partial charge on any atom is -0.482 e. The molecule has 28 heavy (non-hydrogen) atoms. The lowest BCUT2D eigenvalue weighted by Crippen LogP contribution is -2.23. The summed E-state index contributed by atoms with van der Waals surface area (Å²) in [4.78, 5) is 23.7. The summed E-state index contributed by atoms with van der Waals surface area (Å²) in [5.41, 5.74) is 1.62. The van der Waals surface area contributed by atoms with Crippen LogP contribution in [0.15, 0.2) is 60.2 Å². The first-order chi connectivity index (χ1) is 13.5. The van der Waals surface area contributed by atoms with Gasteiger partial charge < -0.3 is 14.8 Å². The van der Waals surface area contributed by atoms with Crippen molar-refractivity contribution >= 4 is 18.0 Å². The second-order valence-electron chi connectivity index (χ2n) is 6.23. The highest BCUT2D eigenvalue weighted by atomic mass is 16.6. The number of hydrogen-bond donors (Lipinski definition) is 1. The van der Waals surface area contributed by atoms with Crippen LogP contribution in [0.2, 0.25) is 0 Å². The zero-order valence-electron chi connectivity index (χ0n) is 15.8. The fourth-order valence-corrected chi connectivity index (χ4v) is 2.29. The van der Waals surface area contributed by atoms with Crippen molar-refractivity contribution in [3.63, 3.8) is 0 Å². The van der Waals surface area contributed by atoms with Crippen molar-refractivity contribution in [1.82, 2.24) is 5.32 Å². The molecule has 0 aromatic heterocycles. The molecule has 2 aromatic rings. The van der Waals surface area contributed by atoms with Gasteiger partial charge in [0, 0.05) is 6.54 Å². The van der Waals surface area contributed by atoms with E-state index >= 15 is 0 Å². The monoisotopic (exact) mass is 378 g/mol. The third-order valence-corrected chi connectivity index (χ3v) is 3.58. The summed E-state index contributed by atoms with van der Waals surface area (Å²) < 4.78 is 10.3. The minimum atomic E-state index is -0.444. The van der Waals surface area contributed by atoms with E-state index in [0.29, 0.717) is 17.9 Å². The lowest BCUT2D eigenvalue weighted by atomic mass is 10.1. The Morgan fingerprint density at radius 1 is 1.11 bits per heavy atom. The van der Waals surface area contributed by atoms with Crippen LogP contribution in [-0.2, 0) is 20.9 Å². The number of nitrogens with zero attached hydrogens (tertiary/aromatic N) is 1. The molecule has 6 nitrogen and oxygen atoms in total. The maximum Gasteiger partial charge on any atom is 0.344 e. The molecule has 0 atom stereocenters. The normalized spacial score (nSPS) is 10.9. The number of hydrogen-bond acceptors (Lipinski definition) is 5. The standard InChI is InChI=1S/C22H22N2O4/c1-16(2)28-21(25)15-27-20-10-8-17(9-11-20)12-19(13-23)22(26)24-14-18-6-4-3-5-7-18/h3-12,16H,14-15H2,1-2H3,(H,24,26)/b19-12-. The van der Waals surface area contributed by atoms with Gasteiger partial charge in [0.2, 0.25) is 0 Å². The van der Waals surface area contributed by atoms with Crippen molar-refractivity contribution in [2.75, 3.05) is 6.61 Å². The van der Waals surface area contributed by atoms with Crippen molar-refractivity contribution in [3.8, 4) is 11.8 Å². The van der Waals surface area contributed by atoms with Crippen LogP contribution in [0, 0.1) is 11.3 Å². The number of ether oxygens (including phenoxy) is 2. The van der Waals surface area contributed by atoms with Crippen molar-refractivity contribution in [2.45, 2.75) is 26.5 Å². The van der Waals surface area contributed by atoms with Gasteiger partial charge in [-0.25, -0.2) is 4.79 Å². The molecule has 2 aromatic carbocycles. The second kappa shape index (κ2) is 10.5. The van der Waals surface area contributed by atoms with Gasteiger partial charge in [0.15, 0.2) is 6.61 Å². The maximum absolute atomic E-state index is 12.2. The van der Waals surface area contributed by atoms with Crippen LogP contribution in [-0.4, -0.2) is 24.6 Å². The summed E-state index contributed by atoms with van der Waals surface area (Å²) in [5, 5.41) is 12.0. The summed E-state index contributed by atoms with van der Waals surface area (Å²) in [7, 11) is 0. The zero-order valence-corrected chi connectivity index (χ0v) is 15.8. The lowest BCUT2D eigenvalue weighted by molar-refractivity contribution is -0.149. The van der Waals surface area contributed by atoms with Crippen molar-refractivity contribution < 1.29 is 19.1 Å². The quantitative estimate of drug-likeness (QED) is 0.433. The number of benzene rings is 2. The Morgan fingerprint density at radius 3 is 2.39 bits per heavy atom. The molecule has 0 saturated heterocycles. The van der Waals surface area contributed by atoms with Gasteiger partial charge in [-0.2, -0.15) is 5.26 Å². The van der Waals surface area contributed by atoms with Gasteiger partial charge in [0.05, 0.1) is 6.10 Å². The number of amides is 1. The zero-order chi connectivity index (χ0) is 20.4. The topological polar surface area (TPSA) is 88.4 Å². The first-order valence-corrected chi connectivity index (χ1v) is 8.84. The van der Waals surface area contributed by atoms with E-state index in [0.717, 1.165) is 5.56 Å². The molecular weight excluding hydrogens is 356 g/mol. The van der Waals surface area contributed by atoms with Gasteiger partial charge >= 0.3 is 5.97 Å². The predicted octanol–water partition coefficient (Wildman–Crippen LogP) is 3.24. The molecule has 0 spiro atoms. The summed E-state index contributed by atoms with van der Waals surface area (Å²) in [5.74, 6) is -0.395. The van der Waals surface area contributed by atoms with Crippen LogP contribution in [0.25, 0.3) is 6.08 Å². The Bertz CT molecular complexity index is 866. The van der Waals surface area contributed by atoms with Crippen molar-refractivity contribution in [3.05, 3.63) is 71.3 Å². The van der Waals surface area contributed by atoms with Gasteiger partial charge in [0.25, 0.3) is 5.91 Å². The molecule has 1 amide bonds. The molecule has 0 saturated carbocycles.